The topological polar surface area (TPSA) is 87.5 Å². The van der Waals surface area contributed by atoms with E-state index in [1.807, 2.05) is 25.1 Å². The Hall–Kier alpha value is -2.67. The van der Waals surface area contributed by atoms with Crippen LogP contribution in [0, 0.1) is 19.8 Å². The minimum atomic E-state index is -0.187. The van der Waals surface area contributed by atoms with Gasteiger partial charge in [0.2, 0.25) is 5.91 Å². The van der Waals surface area contributed by atoms with E-state index >= 15 is 0 Å². The van der Waals surface area contributed by atoms with E-state index in [1.165, 1.54) is 0 Å². The van der Waals surface area contributed by atoms with Gasteiger partial charge in [-0.05, 0) is 51.4 Å². The van der Waals surface area contributed by atoms with Gasteiger partial charge < -0.3 is 15.2 Å². The van der Waals surface area contributed by atoms with Crippen molar-refractivity contribution in [2.75, 3.05) is 25.0 Å². The molecule has 2 N–H and O–H groups in total. The lowest BCUT2D eigenvalue weighted by molar-refractivity contribution is -0.124. The fraction of sp³-hybridized carbons (Fsp3) is 0.450. The maximum absolute atomic E-state index is 12.6. The summed E-state index contributed by atoms with van der Waals surface area (Å²) in [5, 5.41) is 9.62. The summed E-state index contributed by atoms with van der Waals surface area (Å²) in [6, 6.07) is 7.58. The van der Waals surface area contributed by atoms with E-state index in [9.17, 15) is 9.59 Å². The normalized spacial score (nSPS) is 17.1. The number of carbonyl (C=O) groups excluding carboxylic acids is 2. The molecule has 1 saturated heterocycles. The highest BCUT2D eigenvalue weighted by atomic mass is 16.5. The fourth-order valence-electron chi connectivity index (χ4n) is 3.43. The van der Waals surface area contributed by atoms with Crippen molar-refractivity contribution in [1.29, 1.82) is 0 Å². The van der Waals surface area contributed by atoms with E-state index in [0.29, 0.717) is 29.2 Å². The van der Waals surface area contributed by atoms with Gasteiger partial charge in [-0.2, -0.15) is 0 Å². The third-order valence-electron chi connectivity index (χ3n) is 4.86. The Labute approximate surface area is 159 Å². The summed E-state index contributed by atoms with van der Waals surface area (Å²) in [5.74, 6) is 0.585. The van der Waals surface area contributed by atoms with Crippen LogP contribution in [0.5, 0.6) is 0 Å². The van der Waals surface area contributed by atoms with Gasteiger partial charge in [0.1, 0.15) is 11.4 Å². The van der Waals surface area contributed by atoms with Gasteiger partial charge in [-0.3, -0.25) is 14.5 Å². The van der Waals surface area contributed by atoms with Crippen molar-refractivity contribution in [3.05, 3.63) is 46.8 Å². The zero-order valence-electron chi connectivity index (χ0n) is 16.0. The van der Waals surface area contributed by atoms with Gasteiger partial charge in [0.25, 0.3) is 5.91 Å². The molecule has 1 aliphatic rings. The van der Waals surface area contributed by atoms with E-state index in [0.717, 1.165) is 31.6 Å². The number of hydrogen-bond donors (Lipinski definition) is 2. The Balaban J connectivity index is 1.62. The fourth-order valence-corrected chi connectivity index (χ4v) is 3.43. The average Bonchev–Trinajstić information content (AvgIpc) is 3.24. The maximum Gasteiger partial charge on any atom is 0.255 e. The van der Waals surface area contributed by atoms with Gasteiger partial charge >= 0.3 is 0 Å². The van der Waals surface area contributed by atoms with Crippen molar-refractivity contribution in [3.8, 4) is 0 Å². The second-order valence-corrected chi connectivity index (χ2v) is 6.97. The zero-order valence-corrected chi connectivity index (χ0v) is 16.0. The van der Waals surface area contributed by atoms with Crippen LogP contribution in [0.1, 0.15) is 40.7 Å². The van der Waals surface area contributed by atoms with Crippen LogP contribution in [-0.4, -0.2) is 41.5 Å². The zero-order chi connectivity index (χ0) is 19.4. The lowest BCUT2D eigenvalue weighted by Crippen LogP contribution is -2.32. The second-order valence-electron chi connectivity index (χ2n) is 6.97. The molecule has 1 fully saturated rings. The molecule has 0 aliphatic carbocycles. The van der Waals surface area contributed by atoms with Crippen molar-refractivity contribution >= 4 is 17.5 Å². The highest BCUT2D eigenvalue weighted by molar-refractivity contribution is 6.04. The van der Waals surface area contributed by atoms with Gasteiger partial charge in [-0.25, -0.2) is 0 Å². The number of nitrogens with one attached hydrogen (secondary N) is 2. The Morgan fingerprint density at radius 3 is 2.85 bits per heavy atom. The van der Waals surface area contributed by atoms with Crippen LogP contribution in [0.2, 0.25) is 0 Å². The lowest BCUT2D eigenvalue weighted by Gasteiger charge is -2.16. The summed E-state index contributed by atoms with van der Waals surface area (Å²) >= 11 is 0. The van der Waals surface area contributed by atoms with Crippen LogP contribution in [0.15, 0.2) is 28.8 Å². The quantitative estimate of drug-likeness (QED) is 0.816. The highest BCUT2D eigenvalue weighted by Crippen LogP contribution is 2.21. The Bertz CT molecular complexity index is 811. The second kappa shape index (κ2) is 8.35. The predicted molar refractivity (Wildman–Crippen MR) is 102 cm³/mol. The van der Waals surface area contributed by atoms with E-state index in [-0.39, 0.29) is 17.7 Å². The molecule has 0 bridgehead atoms. The van der Waals surface area contributed by atoms with Crippen LogP contribution >= 0.6 is 0 Å². The van der Waals surface area contributed by atoms with Crippen LogP contribution in [-0.2, 0) is 11.3 Å². The first kappa shape index (κ1) is 19.1. The number of aryl methyl sites for hydroxylation is 2. The summed E-state index contributed by atoms with van der Waals surface area (Å²) in [6.07, 6.45) is 0.873. The van der Waals surface area contributed by atoms with Gasteiger partial charge in [0.15, 0.2) is 5.76 Å². The standard InChI is InChI=1S/C20H26N4O3/c1-4-21-19(25)17-8-9-24(12-17)11-15-6-5-7-16(10-15)20(26)22-18-13(2)23-27-14(18)3/h5-7,10,17H,4,8-9,11-12H2,1-3H3,(H,21,25)(H,22,26). The SMILES string of the molecule is CCNC(=O)C1CCN(Cc2cccc(C(=O)Nc3c(C)noc3C)c2)C1. The molecule has 2 heterocycles. The van der Waals surface area contributed by atoms with Crippen molar-refractivity contribution in [2.45, 2.75) is 33.7 Å². The number of aromatic nitrogens is 1. The molecule has 7 nitrogen and oxygen atoms in total. The first-order valence-electron chi connectivity index (χ1n) is 9.31. The maximum atomic E-state index is 12.6. The highest BCUT2D eigenvalue weighted by Gasteiger charge is 2.27. The van der Waals surface area contributed by atoms with E-state index < -0.39 is 0 Å². The van der Waals surface area contributed by atoms with Crippen molar-refractivity contribution < 1.29 is 14.1 Å². The number of carbonyl (C=O) groups is 2. The van der Waals surface area contributed by atoms with E-state index in [2.05, 4.69) is 20.7 Å². The third kappa shape index (κ3) is 4.54. The molecule has 7 heteroatoms. The Morgan fingerprint density at radius 2 is 2.15 bits per heavy atom. The number of hydrogen-bond acceptors (Lipinski definition) is 5. The number of rotatable bonds is 6. The van der Waals surface area contributed by atoms with Gasteiger partial charge in [0, 0.05) is 25.2 Å². The van der Waals surface area contributed by atoms with Crippen molar-refractivity contribution in [3.63, 3.8) is 0 Å². The third-order valence-corrected chi connectivity index (χ3v) is 4.86. The molecule has 2 aromatic rings. The van der Waals surface area contributed by atoms with Crippen LogP contribution in [0.4, 0.5) is 5.69 Å². The minimum Gasteiger partial charge on any atom is -0.359 e. The molecule has 0 saturated carbocycles. The molecule has 0 spiro atoms. The van der Waals surface area contributed by atoms with Crippen molar-refractivity contribution in [1.82, 2.24) is 15.4 Å². The lowest BCUT2D eigenvalue weighted by atomic mass is 10.1. The first-order chi connectivity index (χ1) is 13.0. The molecule has 3 rings (SSSR count). The molecule has 2 amide bonds. The van der Waals surface area contributed by atoms with Crippen LogP contribution in [0.25, 0.3) is 0 Å². The van der Waals surface area contributed by atoms with Crippen molar-refractivity contribution in [2.24, 2.45) is 5.92 Å². The number of anilines is 1. The molecule has 0 radical (unpaired) electrons. The minimum absolute atomic E-state index is 0.0518. The molecular formula is C20H26N4O3. The Kier molecular flexibility index (Phi) is 5.91. The molecule has 1 aromatic heterocycles. The van der Waals surface area contributed by atoms with Crippen LogP contribution in [0.3, 0.4) is 0 Å². The van der Waals surface area contributed by atoms with Crippen LogP contribution < -0.4 is 10.6 Å². The molecule has 27 heavy (non-hydrogen) atoms. The molecule has 1 atom stereocenters. The number of nitrogens with zero attached hydrogens (tertiary/aromatic N) is 2. The number of benzene rings is 1. The smallest absolute Gasteiger partial charge is 0.255 e. The molecule has 144 valence electrons. The summed E-state index contributed by atoms with van der Waals surface area (Å²) in [4.78, 5) is 26.8. The molecule has 1 aromatic carbocycles. The monoisotopic (exact) mass is 370 g/mol. The van der Waals surface area contributed by atoms with Gasteiger partial charge in [-0.1, -0.05) is 17.3 Å². The van der Waals surface area contributed by atoms with E-state index in [1.54, 1.807) is 19.9 Å². The first-order valence-corrected chi connectivity index (χ1v) is 9.31. The molecule has 1 unspecified atom stereocenters. The predicted octanol–water partition coefficient (Wildman–Crippen LogP) is 2.50. The summed E-state index contributed by atoms with van der Waals surface area (Å²) in [6.45, 7) is 8.52. The molecular weight excluding hydrogens is 344 g/mol. The summed E-state index contributed by atoms with van der Waals surface area (Å²) < 4.78 is 5.09. The van der Waals surface area contributed by atoms with Gasteiger partial charge in [0.05, 0.1) is 5.92 Å². The van der Waals surface area contributed by atoms with Gasteiger partial charge in [-0.15, -0.1) is 0 Å². The summed E-state index contributed by atoms with van der Waals surface area (Å²) in [5.41, 5.74) is 2.92. The Morgan fingerprint density at radius 1 is 1.33 bits per heavy atom. The number of amides is 2. The molecule has 1 aliphatic heterocycles. The van der Waals surface area contributed by atoms with E-state index in [4.69, 9.17) is 4.52 Å². The largest absolute Gasteiger partial charge is 0.359 e. The summed E-state index contributed by atoms with van der Waals surface area (Å²) in [7, 11) is 0. The average molecular weight is 370 g/mol. The number of likely N-dealkylation sites (tertiary alicyclic amines) is 1.